The van der Waals surface area contributed by atoms with E-state index in [1.165, 1.54) is 6.92 Å². The summed E-state index contributed by atoms with van der Waals surface area (Å²) in [6, 6.07) is 15.6. The fourth-order valence-corrected chi connectivity index (χ4v) is 2.20. The Bertz CT molecular complexity index is 741. The Morgan fingerprint density at radius 3 is 1.88 bits per heavy atom. The maximum absolute atomic E-state index is 12.0. The Kier molecular flexibility index (Phi) is 7.36. The van der Waals surface area contributed by atoms with Gasteiger partial charge in [-0.1, -0.05) is 30.3 Å². The molecule has 2 aromatic carbocycles. The van der Waals surface area contributed by atoms with Gasteiger partial charge in [0.1, 0.15) is 13.2 Å². The van der Waals surface area contributed by atoms with Crippen molar-refractivity contribution in [3.05, 3.63) is 71.3 Å². The molecule has 0 atom stereocenters. The van der Waals surface area contributed by atoms with Gasteiger partial charge in [0.2, 0.25) is 5.91 Å². The molecule has 0 spiro atoms. The first-order valence-corrected chi connectivity index (χ1v) is 8.29. The number of ether oxygens (including phenoxy) is 2. The maximum atomic E-state index is 12.0. The number of hydrogen-bond acceptors (Lipinski definition) is 5. The molecule has 1 amide bonds. The van der Waals surface area contributed by atoms with Gasteiger partial charge in [-0.25, -0.2) is 9.59 Å². The fraction of sp³-hybridized carbons (Fsp3) is 0.250. The van der Waals surface area contributed by atoms with Crippen LogP contribution in [0.25, 0.3) is 0 Å². The van der Waals surface area contributed by atoms with E-state index in [1.54, 1.807) is 36.4 Å². The second-order valence-corrected chi connectivity index (χ2v) is 5.57. The predicted molar refractivity (Wildman–Crippen MR) is 95.8 cm³/mol. The molecule has 2 aromatic rings. The lowest BCUT2D eigenvalue weighted by Crippen LogP contribution is -2.22. The van der Waals surface area contributed by atoms with Gasteiger partial charge in [-0.3, -0.25) is 4.79 Å². The zero-order chi connectivity index (χ0) is 18.8. The minimum Gasteiger partial charge on any atom is -0.458 e. The summed E-state index contributed by atoms with van der Waals surface area (Å²) in [6.07, 6.45) is 0.685. The van der Waals surface area contributed by atoms with Crippen LogP contribution in [0, 0.1) is 0 Å². The molecule has 0 saturated heterocycles. The Balaban J connectivity index is 1.70. The summed E-state index contributed by atoms with van der Waals surface area (Å²) >= 11 is 0. The zero-order valence-corrected chi connectivity index (χ0v) is 14.6. The van der Waals surface area contributed by atoms with Crippen LogP contribution < -0.4 is 5.32 Å². The van der Waals surface area contributed by atoms with Crippen LogP contribution in [0.1, 0.15) is 33.2 Å². The minimum absolute atomic E-state index is 0.00569. The van der Waals surface area contributed by atoms with Crippen molar-refractivity contribution in [2.24, 2.45) is 0 Å². The van der Waals surface area contributed by atoms with Crippen molar-refractivity contribution >= 4 is 17.8 Å². The normalized spacial score (nSPS) is 10.0. The third-order valence-electron chi connectivity index (χ3n) is 3.54. The van der Waals surface area contributed by atoms with Crippen molar-refractivity contribution in [2.45, 2.75) is 13.3 Å². The van der Waals surface area contributed by atoms with E-state index in [0.29, 0.717) is 24.1 Å². The Morgan fingerprint density at radius 1 is 0.808 bits per heavy atom. The molecular formula is C20H21NO5. The smallest absolute Gasteiger partial charge is 0.338 e. The lowest BCUT2D eigenvalue weighted by atomic mass is 10.1. The number of carbonyl (C=O) groups excluding carboxylic acids is 3. The number of rotatable bonds is 8. The van der Waals surface area contributed by atoms with Gasteiger partial charge in [-0.15, -0.1) is 0 Å². The second kappa shape index (κ2) is 9.98. The molecule has 6 heteroatoms. The number of nitrogens with one attached hydrogen (secondary N) is 1. The molecule has 0 aliphatic heterocycles. The Morgan fingerprint density at radius 2 is 1.35 bits per heavy atom. The first-order valence-electron chi connectivity index (χ1n) is 8.29. The van der Waals surface area contributed by atoms with Crippen molar-refractivity contribution in [3.8, 4) is 0 Å². The van der Waals surface area contributed by atoms with Gasteiger partial charge in [0.05, 0.1) is 11.1 Å². The van der Waals surface area contributed by atoms with Crippen LogP contribution in [0.15, 0.2) is 54.6 Å². The third kappa shape index (κ3) is 6.39. The summed E-state index contributed by atoms with van der Waals surface area (Å²) < 4.78 is 10.1. The highest BCUT2D eigenvalue weighted by Gasteiger charge is 2.09. The van der Waals surface area contributed by atoms with E-state index in [9.17, 15) is 14.4 Å². The van der Waals surface area contributed by atoms with Crippen molar-refractivity contribution < 1.29 is 23.9 Å². The lowest BCUT2D eigenvalue weighted by molar-refractivity contribution is -0.118. The highest BCUT2D eigenvalue weighted by Crippen LogP contribution is 2.07. The van der Waals surface area contributed by atoms with Crippen molar-refractivity contribution in [3.63, 3.8) is 0 Å². The standard InChI is InChI=1S/C20H21NO5/c1-15(22)21-12-11-16-7-9-18(10-8-16)20(24)26-14-13-25-19(23)17-5-3-2-4-6-17/h2-10H,11-14H2,1H3,(H,21,22). The molecule has 0 fully saturated rings. The molecule has 0 saturated carbocycles. The summed E-state index contributed by atoms with van der Waals surface area (Å²) in [6.45, 7) is 2.00. The Hall–Kier alpha value is -3.15. The number of carbonyl (C=O) groups is 3. The van der Waals surface area contributed by atoms with Gasteiger partial charge in [-0.05, 0) is 36.2 Å². The van der Waals surface area contributed by atoms with E-state index >= 15 is 0 Å². The molecule has 0 aliphatic rings. The molecule has 0 unspecified atom stereocenters. The van der Waals surface area contributed by atoms with Gasteiger partial charge >= 0.3 is 11.9 Å². The van der Waals surface area contributed by atoms with Gasteiger partial charge in [0.15, 0.2) is 0 Å². The van der Waals surface area contributed by atoms with Gasteiger partial charge in [-0.2, -0.15) is 0 Å². The monoisotopic (exact) mass is 355 g/mol. The molecule has 0 bridgehead atoms. The molecule has 0 aliphatic carbocycles. The highest BCUT2D eigenvalue weighted by molar-refractivity contribution is 5.90. The van der Waals surface area contributed by atoms with Gasteiger partial charge < -0.3 is 14.8 Å². The first-order chi connectivity index (χ1) is 12.6. The van der Waals surface area contributed by atoms with Crippen LogP contribution in [-0.4, -0.2) is 37.6 Å². The largest absolute Gasteiger partial charge is 0.458 e. The maximum Gasteiger partial charge on any atom is 0.338 e. The van der Waals surface area contributed by atoms with Crippen LogP contribution in [-0.2, 0) is 20.7 Å². The average molecular weight is 355 g/mol. The van der Waals surface area contributed by atoms with Crippen LogP contribution >= 0.6 is 0 Å². The van der Waals surface area contributed by atoms with E-state index < -0.39 is 11.9 Å². The first kappa shape index (κ1) is 19.2. The van der Waals surface area contributed by atoms with E-state index in [2.05, 4.69) is 5.32 Å². The van der Waals surface area contributed by atoms with Crippen molar-refractivity contribution in [1.29, 1.82) is 0 Å². The van der Waals surface area contributed by atoms with E-state index in [1.807, 2.05) is 18.2 Å². The number of amides is 1. The van der Waals surface area contributed by atoms with Gasteiger partial charge in [0, 0.05) is 13.5 Å². The molecule has 6 nitrogen and oxygen atoms in total. The molecule has 2 rings (SSSR count). The van der Waals surface area contributed by atoms with Crippen molar-refractivity contribution in [2.75, 3.05) is 19.8 Å². The molecular weight excluding hydrogens is 334 g/mol. The molecule has 0 radical (unpaired) electrons. The van der Waals surface area contributed by atoms with Gasteiger partial charge in [0.25, 0.3) is 0 Å². The number of esters is 2. The Labute approximate surface area is 152 Å². The molecule has 26 heavy (non-hydrogen) atoms. The van der Waals surface area contributed by atoms with Crippen LogP contribution in [0.3, 0.4) is 0 Å². The summed E-state index contributed by atoms with van der Waals surface area (Å²) in [7, 11) is 0. The zero-order valence-electron chi connectivity index (χ0n) is 14.6. The molecule has 0 aromatic heterocycles. The van der Waals surface area contributed by atoms with Crippen LogP contribution in [0.5, 0.6) is 0 Å². The molecule has 0 heterocycles. The second-order valence-electron chi connectivity index (χ2n) is 5.57. The predicted octanol–water partition coefficient (Wildman–Crippen LogP) is 2.38. The average Bonchev–Trinajstić information content (AvgIpc) is 2.66. The minimum atomic E-state index is -0.478. The van der Waals surface area contributed by atoms with E-state index in [4.69, 9.17) is 9.47 Å². The van der Waals surface area contributed by atoms with E-state index in [-0.39, 0.29) is 19.1 Å². The quantitative estimate of drug-likeness (QED) is 0.581. The van der Waals surface area contributed by atoms with Crippen LogP contribution in [0.4, 0.5) is 0 Å². The number of hydrogen-bond donors (Lipinski definition) is 1. The summed E-state index contributed by atoms with van der Waals surface area (Å²) in [5.41, 5.74) is 1.88. The van der Waals surface area contributed by atoms with E-state index in [0.717, 1.165) is 5.56 Å². The fourth-order valence-electron chi connectivity index (χ4n) is 2.20. The summed E-state index contributed by atoms with van der Waals surface area (Å²) in [4.78, 5) is 34.5. The third-order valence-corrected chi connectivity index (χ3v) is 3.54. The lowest BCUT2D eigenvalue weighted by Gasteiger charge is -2.07. The van der Waals surface area contributed by atoms with Crippen LogP contribution in [0.2, 0.25) is 0 Å². The SMILES string of the molecule is CC(=O)NCCc1ccc(C(=O)OCCOC(=O)c2ccccc2)cc1. The number of benzene rings is 2. The summed E-state index contributed by atoms with van der Waals surface area (Å²) in [5.74, 6) is -1.00. The van der Waals surface area contributed by atoms with Crippen molar-refractivity contribution in [1.82, 2.24) is 5.32 Å². The highest BCUT2D eigenvalue weighted by atomic mass is 16.6. The topological polar surface area (TPSA) is 81.7 Å². The molecule has 1 N–H and O–H groups in total. The summed E-state index contributed by atoms with van der Waals surface area (Å²) in [5, 5.41) is 2.71. The molecule has 136 valence electrons.